The van der Waals surface area contributed by atoms with Crippen LogP contribution in [0.4, 0.5) is 11.4 Å². The minimum atomic E-state index is -0.199. The van der Waals surface area contributed by atoms with Crippen LogP contribution in [-0.4, -0.2) is 5.91 Å². The quantitative estimate of drug-likeness (QED) is 0.825. The molecule has 0 aliphatic rings. The normalized spacial score (nSPS) is 10.3. The van der Waals surface area contributed by atoms with Crippen molar-refractivity contribution in [2.75, 3.05) is 11.1 Å². The first kappa shape index (κ1) is 13.6. The fraction of sp³-hybridized carbons (Fsp3) is 0.133. The van der Waals surface area contributed by atoms with E-state index in [1.165, 1.54) is 0 Å². The molecular formula is C15H15BrN2O. The Hall–Kier alpha value is -1.81. The van der Waals surface area contributed by atoms with Crippen molar-refractivity contribution in [2.24, 2.45) is 0 Å². The molecule has 0 spiro atoms. The summed E-state index contributed by atoms with van der Waals surface area (Å²) in [6, 6.07) is 11.1. The summed E-state index contributed by atoms with van der Waals surface area (Å²) in [5.74, 6) is -0.199. The monoisotopic (exact) mass is 318 g/mol. The Labute approximate surface area is 121 Å². The third-order valence-electron chi connectivity index (χ3n) is 2.74. The van der Waals surface area contributed by atoms with Gasteiger partial charge >= 0.3 is 0 Å². The van der Waals surface area contributed by atoms with E-state index in [0.29, 0.717) is 11.3 Å². The predicted molar refractivity (Wildman–Crippen MR) is 82.4 cm³/mol. The minimum absolute atomic E-state index is 0.199. The largest absolute Gasteiger partial charge is 0.398 e. The maximum atomic E-state index is 12.2. The second kappa shape index (κ2) is 5.45. The van der Waals surface area contributed by atoms with Gasteiger partial charge in [0.1, 0.15) is 0 Å². The van der Waals surface area contributed by atoms with E-state index in [2.05, 4.69) is 27.3 Å². The van der Waals surface area contributed by atoms with Gasteiger partial charge in [0.25, 0.3) is 5.91 Å². The van der Waals surface area contributed by atoms with Crippen LogP contribution in [0.3, 0.4) is 0 Å². The highest BCUT2D eigenvalue weighted by molar-refractivity contribution is 9.10. The molecule has 0 unspecified atom stereocenters. The molecule has 0 saturated heterocycles. The van der Waals surface area contributed by atoms with Gasteiger partial charge in [0.2, 0.25) is 0 Å². The Kier molecular flexibility index (Phi) is 3.90. The van der Waals surface area contributed by atoms with Crippen molar-refractivity contribution in [1.29, 1.82) is 0 Å². The molecular weight excluding hydrogens is 304 g/mol. The van der Waals surface area contributed by atoms with Crippen LogP contribution in [0.1, 0.15) is 21.5 Å². The smallest absolute Gasteiger partial charge is 0.257 e. The number of rotatable bonds is 2. The molecule has 3 N–H and O–H groups in total. The van der Waals surface area contributed by atoms with Crippen LogP contribution in [0.25, 0.3) is 0 Å². The number of hydrogen-bond donors (Lipinski definition) is 2. The number of hydrogen-bond acceptors (Lipinski definition) is 2. The minimum Gasteiger partial charge on any atom is -0.398 e. The van der Waals surface area contributed by atoms with Gasteiger partial charge in [0.15, 0.2) is 0 Å². The van der Waals surface area contributed by atoms with Gasteiger partial charge in [-0.2, -0.15) is 0 Å². The van der Waals surface area contributed by atoms with Crippen molar-refractivity contribution in [2.45, 2.75) is 13.8 Å². The first-order valence-corrected chi connectivity index (χ1v) is 6.69. The van der Waals surface area contributed by atoms with E-state index in [9.17, 15) is 4.79 Å². The molecule has 1 amide bonds. The van der Waals surface area contributed by atoms with E-state index in [-0.39, 0.29) is 5.91 Å². The predicted octanol–water partition coefficient (Wildman–Crippen LogP) is 3.90. The van der Waals surface area contributed by atoms with Gasteiger partial charge in [-0.3, -0.25) is 4.79 Å². The summed E-state index contributed by atoms with van der Waals surface area (Å²) >= 11 is 3.32. The molecule has 0 atom stereocenters. The average Bonchev–Trinajstić information content (AvgIpc) is 2.26. The molecule has 0 radical (unpaired) electrons. The zero-order valence-electron chi connectivity index (χ0n) is 10.8. The third kappa shape index (κ3) is 3.35. The number of halogens is 1. The molecule has 98 valence electrons. The Morgan fingerprint density at radius 1 is 1.11 bits per heavy atom. The van der Waals surface area contributed by atoms with Gasteiger partial charge in [-0.15, -0.1) is 0 Å². The first-order chi connectivity index (χ1) is 8.95. The third-order valence-corrected chi connectivity index (χ3v) is 3.23. The molecule has 0 fully saturated rings. The molecule has 2 rings (SSSR count). The molecule has 0 aromatic heterocycles. The van der Waals surface area contributed by atoms with Crippen LogP contribution in [0.5, 0.6) is 0 Å². The van der Waals surface area contributed by atoms with E-state index < -0.39 is 0 Å². The lowest BCUT2D eigenvalue weighted by Crippen LogP contribution is -2.14. The van der Waals surface area contributed by atoms with Crippen molar-refractivity contribution in [1.82, 2.24) is 0 Å². The topological polar surface area (TPSA) is 55.1 Å². The van der Waals surface area contributed by atoms with Crippen molar-refractivity contribution in [3.8, 4) is 0 Å². The zero-order valence-corrected chi connectivity index (χ0v) is 12.4. The van der Waals surface area contributed by atoms with Crippen LogP contribution in [0, 0.1) is 13.8 Å². The molecule has 4 heteroatoms. The van der Waals surface area contributed by atoms with Crippen molar-refractivity contribution >= 4 is 33.2 Å². The highest BCUT2D eigenvalue weighted by atomic mass is 79.9. The van der Waals surface area contributed by atoms with Crippen LogP contribution >= 0.6 is 15.9 Å². The molecule has 0 saturated carbocycles. The summed E-state index contributed by atoms with van der Waals surface area (Å²) < 4.78 is 0.855. The van der Waals surface area contributed by atoms with E-state index in [1.807, 2.05) is 26.0 Å². The second-order valence-electron chi connectivity index (χ2n) is 4.56. The van der Waals surface area contributed by atoms with Gasteiger partial charge in [-0.05, 0) is 55.3 Å². The van der Waals surface area contributed by atoms with Crippen molar-refractivity contribution < 1.29 is 4.79 Å². The fourth-order valence-corrected chi connectivity index (χ4v) is 2.36. The van der Waals surface area contributed by atoms with Crippen LogP contribution < -0.4 is 11.1 Å². The molecule has 0 aliphatic carbocycles. The van der Waals surface area contributed by atoms with Crippen molar-refractivity contribution in [3.05, 3.63) is 57.6 Å². The molecule has 0 heterocycles. The lowest BCUT2D eigenvalue weighted by molar-refractivity contribution is 0.102. The van der Waals surface area contributed by atoms with E-state index in [4.69, 9.17) is 5.73 Å². The highest BCUT2D eigenvalue weighted by Crippen LogP contribution is 2.20. The Morgan fingerprint density at radius 3 is 2.32 bits per heavy atom. The van der Waals surface area contributed by atoms with Gasteiger partial charge in [0, 0.05) is 15.8 Å². The summed E-state index contributed by atoms with van der Waals surface area (Å²) in [6.45, 7) is 3.99. The van der Waals surface area contributed by atoms with E-state index >= 15 is 0 Å². The summed E-state index contributed by atoms with van der Waals surface area (Å²) in [7, 11) is 0. The molecule has 3 nitrogen and oxygen atoms in total. The van der Waals surface area contributed by atoms with E-state index in [1.54, 1.807) is 18.2 Å². The summed E-state index contributed by atoms with van der Waals surface area (Å²) in [5, 5.41) is 2.87. The van der Waals surface area contributed by atoms with Gasteiger partial charge < -0.3 is 11.1 Å². The maximum Gasteiger partial charge on any atom is 0.257 e. The van der Waals surface area contributed by atoms with Gasteiger partial charge in [0.05, 0.1) is 5.56 Å². The average molecular weight is 319 g/mol. The number of anilines is 2. The second-order valence-corrected chi connectivity index (χ2v) is 5.48. The number of nitrogens with two attached hydrogens (primary N) is 1. The number of nitrogen functional groups attached to an aromatic ring is 1. The number of carbonyl (C=O) groups is 1. The van der Waals surface area contributed by atoms with Crippen molar-refractivity contribution in [3.63, 3.8) is 0 Å². The molecule has 19 heavy (non-hydrogen) atoms. The Bertz CT molecular complexity index is 618. The van der Waals surface area contributed by atoms with Crippen LogP contribution in [0.15, 0.2) is 40.9 Å². The number of nitrogens with one attached hydrogen (secondary N) is 1. The van der Waals surface area contributed by atoms with Crippen LogP contribution in [0.2, 0.25) is 0 Å². The first-order valence-electron chi connectivity index (χ1n) is 5.90. The fourth-order valence-electron chi connectivity index (χ4n) is 1.99. The standard InChI is InChI=1S/C15H15BrN2O/c1-9-5-10(2)7-12(6-9)18-15(19)13-4-3-11(16)8-14(13)17/h3-8H,17H2,1-2H3,(H,18,19). The molecule has 2 aromatic carbocycles. The Morgan fingerprint density at radius 2 is 1.74 bits per heavy atom. The van der Waals surface area contributed by atoms with Crippen LogP contribution in [-0.2, 0) is 0 Å². The molecule has 0 bridgehead atoms. The summed E-state index contributed by atoms with van der Waals surface area (Å²) in [4.78, 5) is 12.2. The summed E-state index contributed by atoms with van der Waals surface area (Å²) in [6.07, 6.45) is 0. The number of carbonyl (C=O) groups excluding carboxylic acids is 1. The highest BCUT2D eigenvalue weighted by Gasteiger charge is 2.10. The SMILES string of the molecule is Cc1cc(C)cc(NC(=O)c2ccc(Br)cc2N)c1. The summed E-state index contributed by atoms with van der Waals surface area (Å²) in [5.41, 5.74) is 9.78. The van der Waals surface area contributed by atoms with E-state index in [0.717, 1.165) is 21.3 Å². The van der Waals surface area contributed by atoms with Gasteiger partial charge in [-0.25, -0.2) is 0 Å². The molecule has 0 aliphatic heterocycles. The van der Waals surface area contributed by atoms with Gasteiger partial charge in [-0.1, -0.05) is 22.0 Å². The number of aryl methyl sites for hydroxylation is 2. The number of amides is 1. The molecule has 2 aromatic rings. The zero-order chi connectivity index (χ0) is 14.0. The lowest BCUT2D eigenvalue weighted by atomic mass is 10.1. The Balaban J connectivity index is 2.25. The lowest BCUT2D eigenvalue weighted by Gasteiger charge is -2.09. The number of benzene rings is 2. The maximum absolute atomic E-state index is 12.2.